The average molecular weight is 270 g/mol. The number of ether oxygens (including phenoxy) is 2. The van der Waals surface area contributed by atoms with Crippen LogP contribution < -0.4 is 10.1 Å². The standard InChI is InChI=1S/C13H16ClNO3/c1-13(2)10-8-9(17-7-3-6-14)4-5-11(10)15-12(16)18-13/h4-5,8H,3,6-7H2,1-2H3,(H,15,16). The fourth-order valence-electron chi connectivity index (χ4n) is 1.89. The summed E-state index contributed by atoms with van der Waals surface area (Å²) in [7, 11) is 0. The smallest absolute Gasteiger partial charge is 0.412 e. The molecule has 1 aromatic rings. The molecule has 18 heavy (non-hydrogen) atoms. The number of benzene rings is 1. The number of nitrogens with one attached hydrogen (secondary N) is 1. The number of alkyl halides is 1. The second-order valence-corrected chi connectivity index (χ2v) is 5.00. The van der Waals surface area contributed by atoms with Gasteiger partial charge in [-0.2, -0.15) is 0 Å². The zero-order valence-electron chi connectivity index (χ0n) is 10.5. The van der Waals surface area contributed by atoms with Crippen molar-refractivity contribution in [1.82, 2.24) is 0 Å². The molecule has 1 N–H and O–H groups in total. The van der Waals surface area contributed by atoms with E-state index in [2.05, 4.69) is 5.32 Å². The van der Waals surface area contributed by atoms with Crippen LogP contribution in [0.2, 0.25) is 0 Å². The van der Waals surface area contributed by atoms with E-state index in [1.165, 1.54) is 0 Å². The molecular formula is C13H16ClNO3. The van der Waals surface area contributed by atoms with Crippen LogP contribution >= 0.6 is 11.6 Å². The van der Waals surface area contributed by atoms with Crippen LogP contribution in [0.1, 0.15) is 25.8 Å². The summed E-state index contributed by atoms with van der Waals surface area (Å²) in [6.45, 7) is 4.29. The number of carbonyl (C=O) groups excluding carboxylic acids is 1. The van der Waals surface area contributed by atoms with Gasteiger partial charge in [0.05, 0.1) is 12.3 Å². The zero-order chi connectivity index (χ0) is 13.2. The van der Waals surface area contributed by atoms with Gasteiger partial charge >= 0.3 is 6.09 Å². The Balaban J connectivity index is 2.22. The lowest BCUT2D eigenvalue weighted by Crippen LogP contribution is -2.34. The van der Waals surface area contributed by atoms with Gasteiger partial charge in [0, 0.05) is 11.4 Å². The third-order valence-corrected chi connectivity index (χ3v) is 3.04. The van der Waals surface area contributed by atoms with E-state index in [4.69, 9.17) is 21.1 Å². The van der Waals surface area contributed by atoms with Crippen LogP contribution in [0.5, 0.6) is 5.75 Å². The van der Waals surface area contributed by atoms with Crippen LogP contribution in [-0.2, 0) is 10.3 Å². The van der Waals surface area contributed by atoms with Gasteiger partial charge in [0.2, 0.25) is 0 Å². The van der Waals surface area contributed by atoms with E-state index in [9.17, 15) is 4.79 Å². The highest BCUT2D eigenvalue weighted by Gasteiger charge is 2.33. The van der Waals surface area contributed by atoms with Crippen molar-refractivity contribution in [3.8, 4) is 5.75 Å². The molecule has 0 bridgehead atoms. The van der Waals surface area contributed by atoms with Crippen molar-refractivity contribution in [3.05, 3.63) is 23.8 Å². The van der Waals surface area contributed by atoms with Crippen molar-refractivity contribution in [1.29, 1.82) is 0 Å². The highest BCUT2D eigenvalue weighted by molar-refractivity contribution is 6.17. The van der Waals surface area contributed by atoms with E-state index in [1.807, 2.05) is 32.0 Å². The Kier molecular flexibility index (Phi) is 3.66. The fraction of sp³-hybridized carbons (Fsp3) is 0.462. The molecule has 1 amide bonds. The first-order valence-electron chi connectivity index (χ1n) is 5.86. The average Bonchev–Trinajstić information content (AvgIpc) is 2.29. The van der Waals surface area contributed by atoms with Crippen LogP contribution in [-0.4, -0.2) is 18.6 Å². The first-order valence-corrected chi connectivity index (χ1v) is 6.39. The SMILES string of the molecule is CC1(C)OC(=O)Nc2ccc(OCCCCl)cc21. The summed E-state index contributed by atoms with van der Waals surface area (Å²) in [6, 6.07) is 5.55. The molecule has 0 unspecified atom stereocenters. The summed E-state index contributed by atoms with van der Waals surface area (Å²) >= 11 is 5.60. The van der Waals surface area contributed by atoms with Crippen molar-refractivity contribution in [2.75, 3.05) is 17.8 Å². The summed E-state index contributed by atoms with van der Waals surface area (Å²) in [4.78, 5) is 11.4. The summed E-state index contributed by atoms with van der Waals surface area (Å²) in [5.74, 6) is 1.34. The monoisotopic (exact) mass is 269 g/mol. The predicted molar refractivity (Wildman–Crippen MR) is 70.4 cm³/mol. The lowest BCUT2D eigenvalue weighted by molar-refractivity contribution is 0.0418. The van der Waals surface area contributed by atoms with Crippen molar-refractivity contribution in [2.24, 2.45) is 0 Å². The van der Waals surface area contributed by atoms with Gasteiger partial charge in [-0.05, 0) is 38.5 Å². The number of fused-ring (bicyclic) bond motifs is 1. The van der Waals surface area contributed by atoms with Gasteiger partial charge in [-0.25, -0.2) is 4.79 Å². The quantitative estimate of drug-likeness (QED) is 0.672. The lowest BCUT2D eigenvalue weighted by Gasteiger charge is -2.32. The first kappa shape index (κ1) is 13.0. The molecule has 0 fully saturated rings. The molecule has 98 valence electrons. The largest absolute Gasteiger partial charge is 0.494 e. The molecule has 1 aliphatic rings. The normalized spacial score (nSPS) is 16.5. The van der Waals surface area contributed by atoms with Crippen LogP contribution in [0.25, 0.3) is 0 Å². The Bertz CT molecular complexity index is 460. The molecule has 0 saturated carbocycles. The van der Waals surface area contributed by atoms with Crippen molar-refractivity contribution < 1.29 is 14.3 Å². The molecule has 0 spiro atoms. The van der Waals surface area contributed by atoms with Gasteiger partial charge in [-0.15, -0.1) is 11.6 Å². The molecule has 1 heterocycles. The highest BCUT2D eigenvalue weighted by atomic mass is 35.5. The molecule has 2 rings (SSSR count). The van der Waals surface area contributed by atoms with Crippen LogP contribution in [0.4, 0.5) is 10.5 Å². The maximum Gasteiger partial charge on any atom is 0.412 e. The second kappa shape index (κ2) is 5.06. The highest BCUT2D eigenvalue weighted by Crippen LogP contribution is 2.37. The fourth-order valence-corrected chi connectivity index (χ4v) is 2.00. The number of halogens is 1. The summed E-state index contributed by atoms with van der Waals surface area (Å²) in [5, 5.41) is 2.67. The van der Waals surface area contributed by atoms with Gasteiger partial charge in [0.15, 0.2) is 0 Å². The first-order chi connectivity index (χ1) is 8.53. The zero-order valence-corrected chi connectivity index (χ0v) is 11.2. The van der Waals surface area contributed by atoms with Gasteiger partial charge in [0.1, 0.15) is 11.4 Å². The van der Waals surface area contributed by atoms with E-state index in [1.54, 1.807) is 0 Å². The maximum absolute atomic E-state index is 11.4. The van der Waals surface area contributed by atoms with Crippen LogP contribution in [0.3, 0.4) is 0 Å². The van der Waals surface area contributed by atoms with Gasteiger partial charge in [-0.3, -0.25) is 5.32 Å². The van der Waals surface area contributed by atoms with Gasteiger partial charge < -0.3 is 9.47 Å². The Morgan fingerprint density at radius 2 is 2.22 bits per heavy atom. The minimum Gasteiger partial charge on any atom is -0.494 e. The molecule has 0 atom stereocenters. The summed E-state index contributed by atoms with van der Waals surface area (Å²) in [5.41, 5.74) is 1.02. The third-order valence-electron chi connectivity index (χ3n) is 2.77. The van der Waals surface area contributed by atoms with Crippen molar-refractivity contribution in [2.45, 2.75) is 25.9 Å². The number of hydrogen-bond donors (Lipinski definition) is 1. The number of rotatable bonds is 4. The molecule has 1 aliphatic heterocycles. The molecule has 4 nitrogen and oxygen atoms in total. The number of amides is 1. The van der Waals surface area contributed by atoms with E-state index < -0.39 is 11.7 Å². The van der Waals surface area contributed by atoms with E-state index in [0.29, 0.717) is 12.5 Å². The van der Waals surface area contributed by atoms with Crippen molar-refractivity contribution in [3.63, 3.8) is 0 Å². The number of carbonyl (C=O) groups is 1. The number of hydrogen-bond acceptors (Lipinski definition) is 3. The molecule has 5 heteroatoms. The minimum atomic E-state index is -0.649. The Morgan fingerprint density at radius 3 is 2.94 bits per heavy atom. The second-order valence-electron chi connectivity index (χ2n) is 4.62. The molecule has 0 aromatic heterocycles. The van der Waals surface area contributed by atoms with E-state index in [0.717, 1.165) is 23.4 Å². The topological polar surface area (TPSA) is 47.6 Å². The molecule has 0 saturated heterocycles. The van der Waals surface area contributed by atoms with E-state index >= 15 is 0 Å². The van der Waals surface area contributed by atoms with Crippen LogP contribution in [0, 0.1) is 0 Å². The lowest BCUT2D eigenvalue weighted by atomic mass is 9.94. The Morgan fingerprint density at radius 1 is 1.44 bits per heavy atom. The third kappa shape index (κ3) is 2.70. The van der Waals surface area contributed by atoms with Crippen molar-refractivity contribution >= 4 is 23.4 Å². The molecule has 1 aromatic carbocycles. The molecule has 0 aliphatic carbocycles. The summed E-state index contributed by atoms with van der Waals surface area (Å²) in [6.07, 6.45) is 0.373. The minimum absolute atomic E-state index is 0.427. The predicted octanol–water partition coefficient (Wildman–Crippen LogP) is 3.49. The van der Waals surface area contributed by atoms with Crippen LogP contribution in [0.15, 0.2) is 18.2 Å². The number of cyclic esters (lactones) is 1. The Hall–Kier alpha value is -1.42. The van der Waals surface area contributed by atoms with E-state index in [-0.39, 0.29) is 0 Å². The summed E-state index contributed by atoms with van der Waals surface area (Å²) < 4.78 is 10.8. The van der Waals surface area contributed by atoms with Gasteiger partial charge in [0.25, 0.3) is 0 Å². The Labute approximate surface area is 111 Å². The molecule has 0 radical (unpaired) electrons. The van der Waals surface area contributed by atoms with Gasteiger partial charge in [-0.1, -0.05) is 0 Å². The number of anilines is 1. The molecular weight excluding hydrogens is 254 g/mol. The maximum atomic E-state index is 11.4.